The van der Waals surface area contributed by atoms with Gasteiger partial charge in [0.05, 0.1) is 4.90 Å². The van der Waals surface area contributed by atoms with E-state index in [2.05, 4.69) is 5.32 Å². The first-order valence-electron chi connectivity index (χ1n) is 10.1. The molecule has 1 fully saturated rings. The summed E-state index contributed by atoms with van der Waals surface area (Å²) in [5, 5.41) is 2.82. The van der Waals surface area contributed by atoms with Gasteiger partial charge in [0.1, 0.15) is 0 Å². The third-order valence-corrected chi connectivity index (χ3v) is 7.08. The largest absolute Gasteiger partial charge is 0.350 e. The van der Waals surface area contributed by atoms with Crippen molar-refractivity contribution in [2.24, 2.45) is 0 Å². The fourth-order valence-electron chi connectivity index (χ4n) is 3.42. The second-order valence-corrected chi connectivity index (χ2v) is 9.12. The van der Waals surface area contributed by atoms with Gasteiger partial charge in [-0.1, -0.05) is 37.3 Å². The van der Waals surface area contributed by atoms with Crippen LogP contribution in [0.3, 0.4) is 0 Å². The Bertz CT molecular complexity index is 975. The highest BCUT2D eigenvalue weighted by Gasteiger charge is 2.23. The Labute approximate surface area is 177 Å². The van der Waals surface area contributed by atoms with Gasteiger partial charge in [-0.2, -0.15) is 4.31 Å². The standard InChI is InChI=1S/C22H27N3O4S/c1-2-25(30(28,29)20-7-4-3-5-8-20)17-18-10-12-19(13-11-18)22(27)23-14-16-24-15-6-9-21(24)26/h3-5,7-8,10-13H,2,6,9,14-17H2,1H3,(H,23,27). The van der Waals surface area contributed by atoms with Crippen LogP contribution in [0.1, 0.15) is 35.7 Å². The molecular weight excluding hydrogens is 402 g/mol. The van der Waals surface area contributed by atoms with Crippen LogP contribution in [0.4, 0.5) is 0 Å². The number of amides is 2. The Kier molecular flexibility index (Phi) is 7.23. The summed E-state index contributed by atoms with van der Waals surface area (Å²) in [7, 11) is -3.58. The van der Waals surface area contributed by atoms with Crippen molar-refractivity contribution >= 4 is 21.8 Å². The zero-order valence-electron chi connectivity index (χ0n) is 17.1. The zero-order chi connectivity index (χ0) is 21.6. The van der Waals surface area contributed by atoms with Crippen LogP contribution in [0, 0.1) is 0 Å². The minimum Gasteiger partial charge on any atom is -0.350 e. The molecule has 0 aliphatic carbocycles. The summed E-state index contributed by atoms with van der Waals surface area (Å²) in [5.74, 6) is -0.0722. The molecule has 7 nitrogen and oxygen atoms in total. The molecule has 0 bridgehead atoms. The van der Waals surface area contributed by atoms with E-state index in [-0.39, 0.29) is 23.3 Å². The first kappa shape index (κ1) is 22.0. The number of nitrogens with zero attached hydrogens (tertiary/aromatic N) is 2. The van der Waals surface area contributed by atoms with Crippen LogP contribution in [0.5, 0.6) is 0 Å². The molecule has 0 saturated carbocycles. The first-order valence-corrected chi connectivity index (χ1v) is 11.6. The van der Waals surface area contributed by atoms with E-state index >= 15 is 0 Å². The zero-order valence-corrected chi connectivity index (χ0v) is 17.9. The van der Waals surface area contributed by atoms with E-state index in [0.29, 0.717) is 31.6 Å². The molecule has 0 unspecified atom stereocenters. The lowest BCUT2D eigenvalue weighted by Gasteiger charge is -2.20. The number of likely N-dealkylation sites (tertiary alicyclic amines) is 1. The fraction of sp³-hybridized carbons (Fsp3) is 0.364. The number of hydrogen-bond acceptors (Lipinski definition) is 4. The van der Waals surface area contributed by atoms with E-state index in [9.17, 15) is 18.0 Å². The topological polar surface area (TPSA) is 86.8 Å². The minimum atomic E-state index is -3.58. The summed E-state index contributed by atoms with van der Waals surface area (Å²) in [5.41, 5.74) is 1.30. The van der Waals surface area contributed by atoms with E-state index in [1.807, 2.05) is 0 Å². The minimum absolute atomic E-state index is 0.138. The van der Waals surface area contributed by atoms with Crippen molar-refractivity contribution in [3.8, 4) is 0 Å². The van der Waals surface area contributed by atoms with Crippen LogP contribution in [0.15, 0.2) is 59.5 Å². The molecule has 3 rings (SSSR count). The van der Waals surface area contributed by atoms with Gasteiger partial charge >= 0.3 is 0 Å². The van der Waals surface area contributed by atoms with Gasteiger partial charge in [0.15, 0.2) is 0 Å². The second kappa shape index (κ2) is 9.86. The van der Waals surface area contributed by atoms with Crippen molar-refractivity contribution in [1.29, 1.82) is 0 Å². The summed E-state index contributed by atoms with van der Waals surface area (Å²) >= 11 is 0. The summed E-state index contributed by atoms with van der Waals surface area (Å²) in [6.45, 7) is 4.05. The molecule has 1 aliphatic rings. The van der Waals surface area contributed by atoms with E-state index < -0.39 is 10.0 Å². The lowest BCUT2D eigenvalue weighted by atomic mass is 10.1. The van der Waals surface area contributed by atoms with Crippen molar-refractivity contribution in [3.63, 3.8) is 0 Å². The van der Waals surface area contributed by atoms with Gasteiger partial charge in [-0.15, -0.1) is 0 Å². The predicted molar refractivity (Wildman–Crippen MR) is 114 cm³/mol. The van der Waals surface area contributed by atoms with Crippen LogP contribution in [-0.2, 0) is 21.4 Å². The van der Waals surface area contributed by atoms with E-state index in [1.54, 1.807) is 66.4 Å². The third-order valence-electron chi connectivity index (χ3n) is 5.15. The molecule has 1 heterocycles. The Hall–Kier alpha value is -2.71. The molecule has 1 N–H and O–H groups in total. The van der Waals surface area contributed by atoms with E-state index in [1.165, 1.54) is 4.31 Å². The number of carbonyl (C=O) groups excluding carboxylic acids is 2. The smallest absolute Gasteiger partial charge is 0.251 e. The number of hydrogen-bond donors (Lipinski definition) is 1. The molecule has 30 heavy (non-hydrogen) atoms. The molecule has 2 aromatic carbocycles. The molecule has 0 aromatic heterocycles. The Balaban J connectivity index is 1.57. The van der Waals surface area contributed by atoms with Crippen molar-refractivity contribution in [2.45, 2.75) is 31.2 Å². The summed E-state index contributed by atoms with van der Waals surface area (Å²) in [4.78, 5) is 25.9. The Morgan fingerprint density at radius 3 is 2.40 bits per heavy atom. The third kappa shape index (κ3) is 5.25. The first-order chi connectivity index (χ1) is 14.4. The van der Waals surface area contributed by atoms with Gasteiger partial charge in [0.2, 0.25) is 15.9 Å². The normalized spacial score (nSPS) is 14.3. The molecule has 0 spiro atoms. The van der Waals surface area contributed by atoms with Gasteiger partial charge in [-0.3, -0.25) is 9.59 Å². The van der Waals surface area contributed by atoms with Crippen molar-refractivity contribution in [3.05, 3.63) is 65.7 Å². The van der Waals surface area contributed by atoms with Gasteiger partial charge in [0, 0.05) is 44.7 Å². The van der Waals surface area contributed by atoms with Gasteiger partial charge in [0.25, 0.3) is 5.91 Å². The number of rotatable bonds is 9. The number of benzene rings is 2. The Morgan fingerprint density at radius 1 is 1.10 bits per heavy atom. The molecule has 2 amide bonds. The van der Waals surface area contributed by atoms with E-state index in [4.69, 9.17) is 0 Å². The quantitative estimate of drug-likeness (QED) is 0.662. The molecule has 8 heteroatoms. The van der Waals surface area contributed by atoms with Gasteiger partial charge in [-0.05, 0) is 36.2 Å². The van der Waals surface area contributed by atoms with Crippen molar-refractivity contribution in [2.75, 3.05) is 26.2 Å². The maximum Gasteiger partial charge on any atom is 0.251 e. The van der Waals surface area contributed by atoms with Crippen molar-refractivity contribution < 1.29 is 18.0 Å². The van der Waals surface area contributed by atoms with Crippen LogP contribution in [0.25, 0.3) is 0 Å². The molecular formula is C22H27N3O4S. The van der Waals surface area contributed by atoms with Crippen LogP contribution in [-0.4, -0.2) is 55.6 Å². The molecule has 1 saturated heterocycles. The highest BCUT2D eigenvalue weighted by atomic mass is 32.2. The molecule has 0 radical (unpaired) electrons. The SMILES string of the molecule is CCN(Cc1ccc(C(=O)NCCN2CCCC2=O)cc1)S(=O)(=O)c1ccccc1. The number of carbonyl (C=O) groups is 2. The summed E-state index contributed by atoms with van der Waals surface area (Å²) in [6, 6.07) is 15.3. The lowest BCUT2D eigenvalue weighted by molar-refractivity contribution is -0.127. The average Bonchev–Trinajstić information content (AvgIpc) is 3.17. The average molecular weight is 430 g/mol. The second-order valence-electron chi connectivity index (χ2n) is 7.18. The molecule has 160 valence electrons. The molecule has 2 aromatic rings. The molecule has 0 atom stereocenters. The van der Waals surface area contributed by atoms with E-state index in [0.717, 1.165) is 18.5 Å². The lowest BCUT2D eigenvalue weighted by Crippen LogP contribution is -2.35. The summed E-state index contributed by atoms with van der Waals surface area (Å²) in [6.07, 6.45) is 1.47. The van der Waals surface area contributed by atoms with Crippen molar-refractivity contribution in [1.82, 2.24) is 14.5 Å². The summed E-state index contributed by atoms with van der Waals surface area (Å²) < 4.78 is 27.1. The van der Waals surface area contributed by atoms with Crippen LogP contribution in [0.2, 0.25) is 0 Å². The van der Waals surface area contributed by atoms with Gasteiger partial charge in [-0.25, -0.2) is 8.42 Å². The highest BCUT2D eigenvalue weighted by molar-refractivity contribution is 7.89. The van der Waals surface area contributed by atoms with Crippen LogP contribution >= 0.6 is 0 Å². The van der Waals surface area contributed by atoms with Crippen LogP contribution < -0.4 is 5.32 Å². The fourth-order valence-corrected chi connectivity index (χ4v) is 4.88. The number of sulfonamides is 1. The predicted octanol–water partition coefficient (Wildman–Crippen LogP) is 2.25. The number of nitrogens with one attached hydrogen (secondary N) is 1. The van der Waals surface area contributed by atoms with Gasteiger partial charge < -0.3 is 10.2 Å². The highest BCUT2D eigenvalue weighted by Crippen LogP contribution is 2.18. The Morgan fingerprint density at radius 2 is 1.80 bits per heavy atom. The molecule has 1 aliphatic heterocycles. The maximum atomic E-state index is 12.8. The monoisotopic (exact) mass is 429 g/mol. The maximum absolute atomic E-state index is 12.8.